The molecule has 0 saturated carbocycles. The van der Waals surface area contributed by atoms with Gasteiger partial charge < -0.3 is 4.74 Å². The van der Waals surface area contributed by atoms with Gasteiger partial charge in [-0.2, -0.15) is 0 Å². The predicted molar refractivity (Wildman–Crippen MR) is 37.7 cm³/mol. The van der Waals surface area contributed by atoms with Gasteiger partial charge in [-0.3, -0.25) is 9.69 Å². The van der Waals surface area contributed by atoms with Crippen LogP contribution in [-0.2, 0) is 9.53 Å². The summed E-state index contributed by atoms with van der Waals surface area (Å²) in [6.45, 7) is 2.21. The maximum atomic E-state index is 11.3. The van der Waals surface area contributed by atoms with Crippen LogP contribution in [0.1, 0.15) is 6.92 Å². The van der Waals surface area contributed by atoms with Crippen LogP contribution in [0.2, 0.25) is 0 Å². The summed E-state index contributed by atoms with van der Waals surface area (Å²) in [5.41, 5.74) is 0.817. The molecule has 1 unspecified atom stereocenters. The number of alkyl halides is 1. The highest BCUT2D eigenvalue weighted by Gasteiger charge is 2.32. The van der Waals surface area contributed by atoms with Gasteiger partial charge in [-0.25, -0.2) is 0 Å². The molecule has 1 aliphatic rings. The zero-order chi connectivity index (χ0) is 8.43. The van der Waals surface area contributed by atoms with E-state index < -0.39 is 0 Å². The van der Waals surface area contributed by atoms with Crippen LogP contribution in [0.25, 0.3) is 0 Å². The lowest BCUT2D eigenvalue weighted by Gasteiger charge is -2.14. The van der Waals surface area contributed by atoms with Crippen molar-refractivity contribution in [1.82, 2.24) is 4.90 Å². The Morgan fingerprint density at radius 2 is 2.45 bits per heavy atom. The normalized spacial score (nSPS) is 24.3. The highest BCUT2D eigenvalue weighted by Crippen LogP contribution is 2.11. The van der Waals surface area contributed by atoms with Crippen LogP contribution in [0.15, 0.2) is 11.6 Å². The van der Waals surface area contributed by atoms with E-state index in [-0.39, 0.29) is 9.96 Å². The molecular formula is C7H11INO2+. The van der Waals surface area contributed by atoms with Crippen molar-refractivity contribution in [2.24, 2.45) is 0 Å². The number of rotatable bonds is 2. The van der Waals surface area contributed by atoms with Crippen molar-refractivity contribution >= 4 is 5.91 Å². The zero-order valence-corrected chi connectivity index (χ0v) is 8.86. The molecule has 0 radical (unpaired) electrons. The molecule has 1 atom stereocenters. The van der Waals surface area contributed by atoms with Crippen molar-refractivity contribution in [3.05, 3.63) is 11.6 Å². The molecule has 1 heterocycles. The van der Waals surface area contributed by atoms with Crippen molar-refractivity contribution in [3.63, 3.8) is 0 Å². The van der Waals surface area contributed by atoms with Crippen LogP contribution < -0.4 is 22.6 Å². The molecule has 1 rings (SSSR count). The number of ether oxygens (including phenoxy) is 1. The van der Waals surface area contributed by atoms with E-state index in [1.54, 1.807) is 12.0 Å². The summed E-state index contributed by atoms with van der Waals surface area (Å²) in [5.74, 6) is 0.0852. The first-order chi connectivity index (χ1) is 5.16. The van der Waals surface area contributed by atoms with Gasteiger partial charge in [0.2, 0.25) is 4.05 Å². The molecule has 0 aromatic rings. The lowest BCUT2D eigenvalue weighted by atomic mass is 10.3. The number of carbonyl (C=O) groups excluding carboxylic acids is 1. The van der Waals surface area contributed by atoms with Gasteiger partial charge in [0.05, 0.1) is 0 Å². The standard InChI is InChI=1S/C7H11INO2/c1-5-3-6(8)9(4-11-2)7(5)10/h3,6,8H,4H2,1-2H3/q+1. The second-order valence-corrected chi connectivity index (χ2v) is 3.81. The van der Waals surface area contributed by atoms with E-state index in [1.165, 1.54) is 0 Å². The summed E-state index contributed by atoms with van der Waals surface area (Å²) < 4.78 is 5.08. The number of hydrogen-bond acceptors (Lipinski definition) is 2. The lowest BCUT2D eigenvalue weighted by molar-refractivity contribution is -0.435. The van der Waals surface area contributed by atoms with Gasteiger partial charge >= 0.3 is 0 Å². The second-order valence-electron chi connectivity index (χ2n) is 2.43. The van der Waals surface area contributed by atoms with Crippen molar-refractivity contribution in [3.8, 4) is 0 Å². The maximum absolute atomic E-state index is 11.3. The van der Waals surface area contributed by atoms with Crippen molar-refractivity contribution in [2.45, 2.75) is 11.0 Å². The Hall–Kier alpha value is -0.100. The van der Waals surface area contributed by atoms with Gasteiger partial charge in [0.15, 0.2) is 0 Å². The maximum Gasteiger partial charge on any atom is 0.284 e. The van der Waals surface area contributed by atoms with Crippen LogP contribution in [0.4, 0.5) is 0 Å². The fourth-order valence-electron chi connectivity index (χ4n) is 0.988. The Labute approximate surface area is 79.5 Å². The van der Waals surface area contributed by atoms with Gasteiger partial charge in [0, 0.05) is 12.7 Å². The minimum absolute atomic E-state index is 0.0852. The van der Waals surface area contributed by atoms with E-state index in [2.05, 4.69) is 0 Å². The monoisotopic (exact) mass is 268 g/mol. The number of hydrogen-bond donors (Lipinski definition) is 0. The summed E-state index contributed by atoms with van der Waals surface area (Å²) in [4.78, 5) is 13.0. The first-order valence-corrected chi connectivity index (χ1v) is 4.65. The lowest BCUT2D eigenvalue weighted by Crippen LogP contribution is -3.40. The average molecular weight is 268 g/mol. The molecule has 0 aromatic heterocycles. The molecule has 0 fully saturated rings. The SMILES string of the molecule is COCN1C(=O)C(C)=CC1[IH+]. The van der Waals surface area contributed by atoms with E-state index in [1.807, 2.05) is 35.6 Å². The summed E-state index contributed by atoms with van der Waals surface area (Å²) in [6, 6.07) is 0. The quantitative estimate of drug-likeness (QED) is 0.303. The Morgan fingerprint density at radius 1 is 1.82 bits per heavy atom. The molecule has 0 spiro atoms. The molecule has 1 amide bonds. The van der Waals surface area contributed by atoms with Crippen molar-refractivity contribution in [2.75, 3.05) is 13.8 Å². The Kier molecular flexibility index (Phi) is 2.89. The van der Waals surface area contributed by atoms with Crippen LogP contribution >= 0.6 is 0 Å². The van der Waals surface area contributed by atoms with Crippen LogP contribution in [0.3, 0.4) is 0 Å². The molecule has 4 heteroatoms. The third-order valence-corrected chi connectivity index (χ3v) is 2.68. The molecule has 0 aliphatic carbocycles. The van der Waals surface area contributed by atoms with Gasteiger partial charge in [0.1, 0.15) is 6.73 Å². The van der Waals surface area contributed by atoms with E-state index in [0.717, 1.165) is 5.57 Å². The molecule has 0 aromatic carbocycles. The number of methoxy groups -OCH3 is 1. The number of carbonyl (C=O) groups is 1. The molecule has 0 bridgehead atoms. The van der Waals surface area contributed by atoms with Crippen molar-refractivity contribution < 1.29 is 32.1 Å². The third kappa shape index (κ3) is 1.73. The largest absolute Gasteiger partial charge is 0.364 e. The summed E-state index contributed by atoms with van der Waals surface area (Å²) >= 11 is 1.91. The zero-order valence-electron chi connectivity index (χ0n) is 6.53. The van der Waals surface area contributed by atoms with Crippen LogP contribution in [-0.4, -0.2) is 28.7 Å². The Balaban J connectivity index is 2.64. The van der Waals surface area contributed by atoms with E-state index in [0.29, 0.717) is 6.73 Å². The average Bonchev–Trinajstić information content (AvgIpc) is 2.17. The van der Waals surface area contributed by atoms with Crippen LogP contribution in [0, 0.1) is 0 Å². The summed E-state index contributed by atoms with van der Waals surface area (Å²) in [6.07, 6.45) is 1.95. The molecule has 1 aliphatic heterocycles. The van der Waals surface area contributed by atoms with Crippen molar-refractivity contribution in [1.29, 1.82) is 0 Å². The van der Waals surface area contributed by atoms with Gasteiger partial charge in [-0.05, 0) is 13.0 Å². The Bertz CT molecular complexity index is 203. The van der Waals surface area contributed by atoms with E-state index in [9.17, 15) is 4.79 Å². The topological polar surface area (TPSA) is 29.5 Å². The molecular weight excluding hydrogens is 257 g/mol. The van der Waals surface area contributed by atoms with E-state index in [4.69, 9.17) is 4.74 Å². The Morgan fingerprint density at radius 3 is 2.82 bits per heavy atom. The van der Waals surface area contributed by atoms with Crippen LogP contribution in [0.5, 0.6) is 0 Å². The number of nitrogens with zero attached hydrogens (tertiary/aromatic N) is 1. The van der Waals surface area contributed by atoms with Gasteiger partial charge in [0.25, 0.3) is 28.5 Å². The smallest absolute Gasteiger partial charge is 0.284 e. The van der Waals surface area contributed by atoms with Gasteiger partial charge in [-0.15, -0.1) is 0 Å². The first kappa shape index (κ1) is 8.99. The third-order valence-electron chi connectivity index (χ3n) is 1.57. The number of halogens is 1. The first-order valence-electron chi connectivity index (χ1n) is 3.31. The van der Waals surface area contributed by atoms with E-state index >= 15 is 0 Å². The second kappa shape index (κ2) is 3.53. The molecule has 0 N–H and O–H groups in total. The number of amides is 1. The van der Waals surface area contributed by atoms with Gasteiger partial charge in [-0.1, -0.05) is 0 Å². The highest BCUT2D eigenvalue weighted by atomic mass is 127. The molecule has 0 saturated heterocycles. The molecule has 62 valence electrons. The highest BCUT2D eigenvalue weighted by molar-refractivity contribution is 5.95. The summed E-state index contributed by atoms with van der Waals surface area (Å²) in [5, 5.41) is 0. The predicted octanol–water partition coefficient (Wildman–Crippen LogP) is -3.01. The molecule has 11 heavy (non-hydrogen) atoms. The summed E-state index contributed by atoms with van der Waals surface area (Å²) in [7, 11) is 1.59. The fourth-order valence-corrected chi connectivity index (χ4v) is 2.02. The minimum Gasteiger partial charge on any atom is -0.364 e. The fraction of sp³-hybridized carbons (Fsp3) is 0.571. The molecule has 3 nitrogen and oxygen atoms in total. The minimum atomic E-state index is 0.0852.